The molecule has 0 N–H and O–H groups in total. The number of halogens is 3. The zero-order valence-electron chi connectivity index (χ0n) is 8.54. The molecule has 0 amide bonds. The first-order valence-corrected chi connectivity index (χ1v) is 7.85. The molecule has 0 aliphatic carbocycles. The molecule has 1 heterocycles. The molecule has 0 fully saturated rings. The maximum absolute atomic E-state index is 12.1. The molecule has 1 nitrogen and oxygen atoms in total. The maximum Gasteiger partial charge on any atom is 0.169 e. The molecule has 5 heteroatoms. The number of ketones is 1. The zero-order valence-corrected chi connectivity index (χ0v) is 13.9. The van der Waals surface area contributed by atoms with Crippen molar-refractivity contribution in [1.29, 1.82) is 0 Å². The van der Waals surface area contributed by atoms with Gasteiger partial charge in [-0.25, -0.2) is 0 Å². The summed E-state index contributed by atoms with van der Waals surface area (Å²) >= 11 is 12.9. The van der Waals surface area contributed by atoms with E-state index in [1.54, 1.807) is 0 Å². The molecular weight excluding hydrogens is 434 g/mol. The highest BCUT2D eigenvalue weighted by Gasteiger charge is 2.12. The summed E-state index contributed by atoms with van der Waals surface area (Å²) in [4.78, 5) is 13.1. The van der Waals surface area contributed by atoms with Crippen LogP contribution in [0.4, 0.5) is 0 Å². The van der Waals surface area contributed by atoms with E-state index in [1.807, 2.05) is 30.3 Å². The van der Waals surface area contributed by atoms with Gasteiger partial charge >= 0.3 is 0 Å². The molecule has 1 aromatic heterocycles. The lowest BCUT2D eigenvalue weighted by Gasteiger charge is -2.03. The van der Waals surface area contributed by atoms with Gasteiger partial charge < -0.3 is 0 Å². The Kier molecular flexibility index (Phi) is 4.63. The molecule has 2 aromatic rings. The van der Waals surface area contributed by atoms with E-state index < -0.39 is 0 Å². The molecule has 1 aromatic carbocycles. The monoisotopic (exact) mass is 440 g/mol. The molecule has 0 saturated heterocycles. The minimum absolute atomic E-state index is 0.105. The summed E-state index contributed by atoms with van der Waals surface area (Å²) in [5.41, 5.74) is 0.724. The van der Waals surface area contributed by atoms with Crippen LogP contribution in [0.15, 0.2) is 34.8 Å². The predicted octanol–water partition coefficient (Wildman–Crippen LogP) is 5.19. The highest BCUT2D eigenvalue weighted by molar-refractivity contribution is 14.1. The molecule has 0 aliphatic rings. The lowest BCUT2D eigenvalue weighted by molar-refractivity contribution is 0.0993. The summed E-state index contributed by atoms with van der Waals surface area (Å²) in [5, 5.41) is 0. The Morgan fingerprint density at radius 3 is 2.76 bits per heavy atom. The fraction of sp³-hybridized carbons (Fsp3) is 0.0833. The number of rotatable bonds is 3. The number of hydrogen-bond acceptors (Lipinski definition) is 2. The SMILES string of the molecule is O=C(Cc1ccc(Cl)s1)c1cc(I)ccc1Br. The van der Waals surface area contributed by atoms with Crippen molar-refractivity contribution in [2.45, 2.75) is 6.42 Å². The average molecular weight is 442 g/mol. The first-order valence-electron chi connectivity index (χ1n) is 4.79. The standard InChI is InChI=1S/C12H7BrClIOS/c13-10-3-1-7(15)5-9(10)11(16)6-8-2-4-12(14)17-8/h1-5H,6H2. The van der Waals surface area contributed by atoms with Crippen molar-refractivity contribution in [1.82, 2.24) is 0 Å². The number of hydrogen-bond donors (Lipinski definition) is 0. The second-order valence-electron chi connectivity index (χ2n) is 3.43. The summed E-state index contributed by atoms with van der Waals surface area (Å²) in [7, 11) is 0. The lowest BCUT2D eigenvalue weighted by Crippen LogP contribution is -2.03. The van der Waals surface area contributed by atoms with Gasteiger partial charge in [0.25, 0.3) is 0 Å². The van der Waals surface area contributed by atoms with Gasteiger partial charge in [-0.1, -0.05) is 27.5 Å². The van der Waals surface area contributed by atoms with Gasteiger partial charge in [0, 0.05) is 24.9 Å². The first-order chi connectivity index (χ1) is 8.06. The van der Waals surface area contributed by atoms with Crippen LogP contribution in [0, 0.1) is 3.57 Å². The van der Waals surface area contributed by atoms with Gasteiger partial charge in [0.15, 0.2) is 5.78 Å². The maximum atomic E-state index is 12.1. The largest absolute Gasteiger partial charge is 0.294 e. The van der Waals surface area contributed by atoms with E-state index in [-0.39, 0.29) is 5.78 Å². The summed E-state index contributed by atoms with van der Waals surface area (Å²) in [6, 6.07) is 9.47. The van der Waals surface area contributed by atoms with Crippen LogP contribution in [0.25, 0.3) is 0 Å². The number of thiophene rings is 1. The van der Waals surface area contributed by atoms with Gasteiger partial charge in [0.1, 0.15) is 0 Å². The van der Waals surface area contributed by atoms with Crippen LogP contribution in [0.5, 0.6) is 0 Å². The molecule has 0 unspecified atom stereocenters. The first kappa shape index (κ1) is 13.5. The molecule has 0 aliphatic heterocycles. The van der Waals surface area contributed by atoms with Crippen LogP contribution in [-0.4, -0.2) is 5.78 Å². The smallest absolute Gasteiger partial charge is 0.169 e. The van der Waals surface area contributed by atoms with E-state index in [2.05, 4.69) is 38.5 Å². The van der Waals surface area contributed by atoms with Crippen molar-refractivity contribution in [3.8, 4) is 0 Å². The van der Waals surface area contributed by atoms with Gasteiger partial charge in [-0.3, -0.25) is 4.79 Å². The number of benzene rings is 1. The fourth-order valence-electron chi connectivity index (χ4n) is 1.41. The van der Waals surface area contributed by atoms with E-state index in [4.69, 9.17) is 11.6 Å². The van der Waals surface area contributed by atoms with Crippen molar-refractivity contribution in [3.05, 3.63) is 53.2 Å². The van der Waals surface area contributed by atoms with Crippen LogP contribution in [0.2, 0.25) is 4.34 Å². The fourth-order valence-corrected chi connectivity index (χ4v) is 3.46. The average Bonchev–Trinajstić information content (AvgIpc) is 2.67. The van der Waals surface area contributed by atoms with Crippen LogP contribution in [0.3, 0.4) is 0 Å². The predicted molar refractivity (Wildman–Crippen MR) is 84.2 cm³/mol. The Balaban J connectivity index is 2.22. The van der Waals surface area contributed by atoms with Crippen molar-refractivity contribution >= 4 is 67.2 Å². The van der Waals surface area contributed by atoms with Gasteiger partial charge in [-0.05, 0) is 52.9 Å². The van der Waals surface area contributed by atoms with Crippen LogP contribution < -0.4 is 0 Å². The Morgan fingerprint density at radius 1 is 1.35 bits per heavy atom. The van der Waals surface area contributed by atoms with E-state index in [0.29, 0.717) is 6.42 Å². The van der Waals surface area contributed by atoms with Crippen molar-refractivity contribution in [2.75, 3.05) is 0 Å². The molecule has 0 radical (unpaired) electrons. The Bertz CT molecular complexity index is 567. The van der Waals surface area contributed by atoms with Crippen LogP contribution in [-0.2, 0) is 6.42 Å². The number of Topliss-reactive ketones (excluding diaryl/α,β-unsaturated/α-hetero) is 1. The zero-order chi connectivity index (χ0) is 12.4. The summed E-state index contributed by atoms with van der Waals surface area (Å²) in [6.45, 7) is 0. The molecule has 17 heavy (non-hydrogen) atoms. The van der Waals surface area contributed by atoms with E-state index in [1.165, 1.54) is 11.3 Å². The minimum atomic E-state index is 0.105. The van der Waals surface area contributed by atoms with E-state index in [0.717, 1.165) is 22.8 Å². The second kappa shape index (κ2) is 5.82. The summed E-state index contributed by atoms with van der Waals surface area (Å²) in [5.74, 6) is 0.105. The third-order valence-corrected chi connectivity index (χ3v) is 4.79. The van der Waals surface area contributed by atoms with Crippen molar-refractivity contribution < 1.29 is 4.79 Å². The third-order valence-electron chi connectivity index (χ3n) is 2.19. The number of carbonyl (C=O) groups excluding carboxylic acids is 1. The van der Waals surface area contributed by atoms with Gasteiger partial charge in [0.2, 0.25) is 0 Å². The molecule has 88 valence electrons. The van der Waals surface area contributed by atoms with Crippen molar-refractivity contribution in [3.63, 3.8) is 0 Å². The quantitative estimate of drug-likeness (QED) is 0.473. The molecule has 0 atom stereocenters. The Labute approximate surface area is 130 Å². The molecule has 0 spiro atoms. The molecule has 0 bridgehead atoms. The van der Waals surface area contributed by atoms with E-state index in [9.17, 15) is 4.79 Å². The van der Waals surface area contributed by atoms with Crippen LogP contribution >= 0.6 is 61.5 Å². The third kappa shape index (κ3) is 3.53. The summed E-state index contributed by atoms with van der Waals surface area (Å²) in [6.07, 6.45) is 0.399. The highest BCUT2D eigenvalue weighted by Crippen LogP contribution is 2.25. The van der Waals surface area contributed by atoms with Gasteiger partial charge in [-0.15, -0.1) is 11.3 Å². The normalized spacial score (nSPS) is 10.5. The Morgan fingerprint density at radius 2 is 2.12 bits per heavy atom. The van der Waals surface area contributed by atoms with Gasteiger partial charge in [0.05, 0.1) is 4.34 Å². The number of carbonyl (C=O) groups is 1. The molecular formula is C12H7BrClIOS. The highest BCUT2D eigenvalue weighted by atomic mass is 127. The Hall–Kier alpha value is 0.0900. The molecule has 0 saturated carbocycles. The molecule has 2 rings (SSSR count). The van der Waals surface area contributed by atoms with E-state index >= 15 is 0 Å². The summed E-state index contributed by atoms with van der Waals surface area (Å²) < 4.78 is 2.61. The van der Waals surface area contributed by atoms with Crippen molar-refractivity contribution in [2.24, 2.45) is 0 Å². The second-order valence-corrected chi connectivity index (χ2v) is 7.33. The lowest BCUT2D eigenvalue weighted by atomic mass is 10.1. The van der Waals surface area contributed by atoms with Gasteiger partial charge in [-0.2, -0.15) is 0 Å². The topological polar surface area (TPSA) is 17.1 Å². The van der Waals surface area contributed by atoms with Crippen LogP contribution in [0.1, 0.15) is 15.2 Å². The minimum Gasteiger partial charge on any atom is -0.294 e.